The minimum atomic E-state index is -0.757. The van der Waals surface area contributed by atoms with Crippen LogP contribution in [-0.4, -0.2) is 5.91 Å². The molecule has 3 nitrogen and oxygen atoms in total. The molecule has 0 spiro atoms. The zero-order valence-electron chi connectivity index (χ0n) is 10.0. The maximum absolute atomic E-state index is 12.0. The van der Waals surface area contributed by atoms with Crippen LogP contribution >= 0.6 is 11.6 Å². The Kier molecular flexibility index (Phi) is 4.17. The molecule has 1 N–H and O–H groups in total. The van der Waals surface area contributed by atoms with E-state index in [1.54, 1.807) is 36.4 Å². The molecule has 0 aliphatic carbocycles. The molecule has 0 aliphatic heterocycles. The second-order valence-corrected chi connectivity index (χ2v) is 4.39. The Labute approximate surface area is 116 Å². The lowest BCUT2D eigenvalue weighted by Crippen LogP contribution is -2.17. The molecule has 94 valence electrons. The molecule has 19 heavy (non-hydrogen) atoms. The number of anilines is 1. The summed E-state index contributed by atoms with van der Waals surface area (Å²) >= 11 is 6.10. The summed E-state index contributed by atoms with van der Waals surface area (Å²) in [5, 5.41) is 10.7. The second-order valence-electron chi connectivity index (χ2n) is 3.96. The van der Waals surface area contributed by atoms with Crippen LogP contribution in [-0.2, 0) is 4.79 Å². The van der Waals surface area contributed by atoms with Crippen molar-refractivity contribution in [2.24, 2.45) is 0 Å². The molecule has 0 saturated carbocycles. The largest absolute Gasteiger partial charge is 0.324 e. The van der Waals surface area contributed by atoms with Crippen molar-refractivity contribution in [1.29, 1.82) is 5.26 Å². The second kappa shape index (κ2) is 6.03. The maximum Gasteiger partial charge on any atom is 0.246 e. The van der Waals surface area contributed by atoms with E-state index in [2.05, 4.69) is 5.32 Å². The van der Waals surface area contributed by atoms with E-state index < -0.39 is 5.38 Å². The summed E-state index contributed by atoms with van der Waals surface area (Å²) in [6, 6.07) is 17.8. The molecule has 0 saturated heterocycles. The van der Waals surface area contributed by atoms with Crippen molar-refractivity contribution in [1.82, 2.24) is 0 Å². The van der Waals surface area contributed by atoms with Crippen molar-refractivity contribution >= 4 is 23.2 Å². The predicted molar refractivity (Wildman–Crippen MR) is 74.8 cm³/mol. The summed E-state index contributed by atoms with van der Waals surface area (Å²) in [6.07, 6.45) is 0. The number of nitriles is 1. The molecule has 1 unspecified atom stereocenters. The zero-order chi connectivity index (χ0) is 13.7. The molecule has 2 aromatic rings. The first kappa shape index (κ1) is 13.1. The van der Waals surface area contributed by atoms with Crippen molar-refractivity contribution in [3.05, 3.63) is 65.7 Å². The molecule has 0 fully saturated rings. The number of alkyl halides is 1. The zero-order valence-corrected chi connectivity index (χ0v) is 10.8. The van der Waals surface area contributed by atoms with Gasteiger partial charge < -0.3 is 5.32 Å². The normalized spacial score (nSPS) is 11.4. The minimum Gasteiger partial charge on any atom is -0.324 e. The van der Waals surface area contributed by atoms with Crippen LogP contribution in [0.4, 0.5) is 5.69 Å². The summed E-state index contributed by atoms with van der Waals surface area (Å²) in [6.45, 7) is 0. The van der Waals surface area contributed by atoms with Crippen LogP contribution in [0.25, 0.3) is 0 Å². The highest BCUT2D eigenvalue weighted by Gasteiger charge is 2.17. The van der Waals surface area contributed by atoms with Gasteiger partial charge in [-0.15, -0.1) is 11.6 Å². The maximum atomic E-state index is 12.0. The van der Waals surface area contributed by atoms with E-state index in [1.807, 2.05) is 24.3 Å². The van der Waals surface area contributed by atoms with Crippen molar-refractivity contribution in [3.8, 4) is 6.07 Å². The fraction of sp³-hybridized carbons (Fsp3) is 0.0667. The van der Waals surface area contributed by atoms with E-state index >= 15 is 0 Å². The number of rotatable bonds is 3. The molecule has 2 rings (SSSR count). The van der Waals surface area contributed by atoms with Gasteiger partial charge in [-0.05, 0) is 23.8 Å². The van der Waals surface area contributed by atoms with Crippen LogP contribution in [0.1, 0.15) is 16.5 Å². The van der Waals surface area contributed by atoms with Gasteiger partial charge in [-0.1, -0.05) is 36.4 Å². The highest BCUT2D eigenvalue weighted by atomic mass is 35.5. The van der Waals surface area contributed by atoms with E-state index in [-0.39, 0.29) is 5.91 Å². The van der Waals surface area contributed by atoms with Gasteiger partial charge in [0.05, 0.1) is 11.6 Å². The van der Waals surface area contributed by atoms with Crippen molar-refractivity contribution in [2.45, 2.75) is 5.38 Å². The quantitative estimate of drug-likeness (QED) is 0.868. The van der Waals surface area contributed by atoms with Crippen molar-refractivity contribution < 1.29 is 4.79 Å². The van der Waals surface area contributed by atoms with Gasteiger partial charge >= 0.3 is 0 Å². The molecule has 4 heteroatoms. The fourth-order valence-electron chi connectivity index (χ4n) is 1.65. The Balaban J connectivity index is 2.11. The Morgan fingerprint density at radius 3 is 2.58 bits per heavy atom. The number of amides is 1. The fourth-order valence-corrected chi connectivity index (χ4v) is 1.85. The Morgan fingerprint density at radius 1 is 1.16 bits per heavy atom. The van der Waals surface area contributed by atoms with Gasteiger partial charge in [0, 0.05) is 5.69 Å². The minimum absolute atomic E-state index is 0.317. The van der Waals surface area contributed by atoms with Gasteiger partial charge in [-0.25, -0.2) is 0 Å². The summed E-state index contributed by atoms with van der Waals surface area (Å²) in [5.74, 6) is -0.317. The summed E-state index contributed by atoms with van der Waals surface area (Å²) in [5.41, 5.74) is 1.78. The van der Waals surface area contributed by atoms with Gasteiger partial charge in [0.2, 0.25) is 5.91 Å². The Morgan fingerprint density at radius 2 is 1.89 bits per heavy atom. The lowest BCUT2D eigenvalue weighted by atomic mass is 10.1. The topological polar surface area (TPSA) is 52.9 Å². The monoisotopic (exact) mass is 270 g/mol. The average molecular weight is 271 g/mol. The highest BCUT2D eigenvalue weighted by Crippen LogP contribution is 2.22. The molecular formula is C15H11ClN2O. The number of nitrogens with zero attached hydrogens (tertiary/aromatic N) is 1. The summed E-state index contributed by atoms with van der Waals surface area (Å²) in [7, 11) is 0. The first-order valence-corrected chi connectivity index (χ1v) is 6.14. The number of carbonyl (C=O) groups excluding carboxylic acids is 1. The first-order valence-electron chi connectivity index (χ1n) is 5.71. The number of hydrogen-bond donors (Lipinski definition) is 1. The van der Waals surface area contributed by atoms with Crippen molar-refractivity contribution in [2.75, 3.05) is 5.32 Å². The third kappa shape index (κ3) is 3.34. The highest BCUT2D eigenvalue weighted by molar-refractivity contribution is 6.32. The number of halogens is 1. The van der Waals surface area contributed by atoms with Crippen LogP contribution in [0.5, 0.6) is 0 Å². The Hall–Kier alpha value is -2.31. The van der Waals surface area contributed by atoms with Gasteiger partial charge in [0.25, 0.3) is 0 Å². The lowest BCUT2D eigenvalue weighted by Gasteiger charge is -2.10. The summed E-state index contributed by atoms with van der Waals surface area (Å²) in [4.78, 5) is 12.0. The third-order valence-electron chi connectivity index (χ3n) is 2.58. The first-order chi connectivity index (χ1) is 9.20. The van der Waals surface area contributed by atoms with Crippen LogP contribution in [0.15, 0.2) is 54.6 Å². The molecule has 1 atom stereocenters. The van der Waals surface area contributed by atoms with Crippen LogP contribution < -0.4 is 5.32 Å². The summed E-state index contributed by atoms with van der Waals surface area (Å²) < 4.78 is 0. The molecule has 0 aromatic heterocycles. The van der Waals surface area contributed by atoms with Gasteiger partial charge in [-0.3, -0.25) is 4.79 Å². The molecule has 0 bridgehead atoms. The van der Waals surface area contributed by atoms with Crippen LogP contribution in [0.2, 0.25) is 0 Å². The standard InChI is InChI=1S/C15H11ClN2O/c16-14(12-6-2-1-3-7-12)15(19)18-13-8-4-5-11(9-13)10-17/h1-9,14H,(H,18,19). The molecule has 2 aromatic carbocycles. The molecular weight excluding hydrogens is 260 g/mol. The molecule has 0 heterocycles. The third-order valence-corrected chi connectivity index (χ3v) is 3.03. The van der Waals surface area contributed by atoms with Crippen molar-refractivity contribution in [3.63, 3.8) is 0 Å². The average Bonchev–Trinajstić information content (AvgIpc) is 2.47. The van der Waals surface area contributed by atoms with Gasteiger partial charge in [-0.2, -0.15) is 5.26 Å². The lowest BCUT2D eigenvalue weighted by molar-refractivity contribution is -0.116. The van der Waals surface area contributed by atoms with E-state index in [4.69, 9.17) is 16.9 Å². The number of benzene rings is 2. The molecule has 1 amide bonds. The molecule has 0 aliphatic rings. The van der Waals surface area contributed by atoms with Gasteiger partial charge in [0.1, 0.15) is 5.38 Å². The van der Waals surface area contributed by atoms with E-state index in [0.717, 1.165) is 5.56 Å². The van der Waals surface area contributed by atoms with Crippen LogP contribution in [0.3, 0.4) is 0 Å². The van der Waals surface area contributed by atoms with E-state index in [1.165, 1.54) is 0 Å². The number of nitrogens with one attached hydrogen (secondary N) is 1. The molecule has 0 radical (unpaired) electrons. The van der Waals surface area contributed by atoms with Gasteiger partial charge in [0.15, 0.2) is 0 Å². The van der Waals surface area contributed by atoms with E-state index in [0.29, 0.717) is 11.3 Å². The number of hydrogen-bond acceptors (Lipinski definition) is 2. The smallest absolute Gasteiger partial charge is 0.246 e. The number of carbonyl (C=O) groups is 1. The SMILES string of the molecule is N#Cc1cccc(NC(=O)C(Cl)c2ccccc2)c1. The van der Waals surface area contributed by atoms with E-state index in [9.17, 15) is 4.79 Å². The Bertz CT molecular complexity index is 620. The predicted octanol–water partition coefficient (Wildman–Crippen LogP) is 3.48. The van der Waals surface area contributed by atoms with Crippen LogP contribution in [0, 0.1) is 11.3 Å².